The van der Waals surface area contributed by atoms with Crippen LogP contribution in [-0.4, -0.2) is 31.8 Å². The molecule has 1 amide bonds. The highest BCUT2D eigenvalue weighted by Gasteiger charge is 2.12. The Morgan fingerprint density at radius 1 is 1.19 bits per heavy atom. The Balaban J connectivity index is 1.39. The van der Waals surface area contributed by atoms with Gasteiger partial charge in [0.25, 0.3) is 11.6 Å². The van der Waals surface area contributed by atoms with E-state index < -0.39 is 16.6 Å². The Labute approximate surface area is 215 Å². The largest absolute Gasteiger partial charge is 0.488 e. The number of halogens is 1. The molecule has 0 unspecified atom stereocenters. The second-order valence-electron chi connectivity index (χ2n) is 7.81. The SMILES string of the molecule is Cn1cnnc1SCc1ccc(C(=O)NN=Cc2cc([N+](=O)[O-])ccc2OCc2cccc(F)c2)cc1. The number of aromatic nitrogens is 3. The van der Waals surface area contributed by atoms with Crippen LogP contribution in [0.4, 0.5) is 10.1 Å². The van der Waals surface area contributed by atoms with E-state index in [1.165, 1.54) is 48.3 Å². The minimum Gasteiger partial charge on any atom is -0.488 e. The summed E-state index contributed by atoms with van der Waals surface area (Å²) < 4.78 is 21.0. The van der Waals surface area contributed by atoms with Crippen molar-refractivity contribution in [1.82, 2.24) is 20.2 Å². The number of aryl methyl sites for hydroxylation is 1. The number of hydrogen-bond donors (Lipinski definition) is 1. The second kappa shape index (κ2) is 11.9. The highest BCUT2D eigenvalue weighted by atomic mass is 32.2. The Kier molecular flexibility index (Phi) is 8.21. The number of carbonyl (C=O) groups is 1. The third kappa shape index (κ3) is 6.98. The summed E-state index contributed by atoms with van der Waals surface area (Å²) >= 11 is 1.53. The fraction of sp³-hybridized carbons (Fsp3) is 0.120. The number of amides is 1. The van der Waals surface area contributed by atoms with E-state index in [1.54, 1.807) is 30.6 Å². The average Bonchev–Trinajstić information content (AvgIpc) is 3.31. The Morgan fingerprint density at radius 2 is 2.00 bits per heavy atom. The van der Waals surface area contributed by atoms with Crippen LogP contribution >= 0.6 is 11.8 Å². The van der Waals surface area contributed by atoms with Gasteiger partial charge in [-0.2, -0.15) is 5.10 Å². The number of thioether (sulfide) groups is 1. The molecule has 0 radical (unpaired) electrons. The molecule has 0 fully saturated rings. The fourth-order valence-corrected chi connectivity index (χ4v) is 4.04. The number of carbonyl (C=O) groups excluding carboxylic acids is 1. The summed E-state index contributed by atoms with van der Waals surface area (Å²) in [6.07, 6.45) is 2.89. The molecular formula is C25H21FN6O4S. The zero-order valence-corrected chi connectivity index (χ0v) is 20.4. The standard InChI is InChI=1S/C25H21FN6O4S/c1-31-16-28-30-25(31)37-15-17-5-7-19(8-6-17)24(33)29-27-13-20-12-22(32(34)35)9-10-23(20)36-14-18-3-2-4-21(26)11-18/h2-13,16H,14-15H2,1H3,(H,29,33). The normalized spacial score (nSPS) is 11.0. The maximum atomic E-state index is 13.4. The first-order valence-corrected chi connectivity index (χ1v) is 11.9. The zero-order valence-electron chi connectivity index (χ0n) is 19.6. The number of nitrogens with one attached hydrogen (secondary N) is 1. The molecule has 37 heavy (non-hydrogen) atoms. The summed E-state index contributed by atoms with van der Waals surface area (Å²) in [6.45, 7) is 0.0457. The van der Waals surface area contributed by atoms with Gasteiger partial charge >= 0.3 is 0 Å². The highest BCUT2D eigenvalue weighted by molar-refractivity contribution is 7.98. The topological polar surface area (TPSA) is 125 Å². The van der Waals surface area contributed by atoms with Crippen molar-refractivity contribution in [3.63, 3.8) is 0 Å². The summed E-state index contributed by atoms with van der Waals surface area (Å²) in [6, 6.07) is 16.9. The monoisotopic (exact) mass is 520 g/mol. The molecule has 12 heteroatoms. The lowest BCUT2D eigenvalue weighted by Crippen LogP contribution is -2.17. The van der Waals surface area contributed by atoms with Gasteiger partial charge in [-0.15, -0.1) is 10.2 Å². The van der Waals surface area contributed by atoms with Gasteiger partial charge in [-0.25, -0.2) is 9.82 Å². The molecule has 3 aromatic carbocycles. The van der Waals surface area contributed by atoms with Crippen LogP contribution in [0.3, 0.4) is 0 Å². The Hall–Kier alpha value is -4.58. The van der Waals surface area contributed by atoms with Gasteiger partial charge in [0.2, 0.25) is 0 Å². The van der Waals surface area contributed by atoms with Gasteiger partial charge in [-0.1, -0.05) is 36.0 Å². The van der Waals surface area contributed by atoms with Gasteiger partial charge in [0.1, 0.15) is 24.5 Å². The van der Waals surface area contributed by atoms with Gasteiger partial charge in [-0.05, 0) is 41.5 Å². The average molecular weight is 521 g/mol. The van der Waals surface area contributed by atoms with Gasteiger partial charge in [0.05, 0.1) is 11.1 Å². The molecule has 10 nitrogen and oxygen atoms in total. The number of hydrogen-bond acceptors (Lipinski definition) is 8. The van der Waals surface area contributed by atoms with Crippen LogP contribution in [0, 0.1) is 15.9 Å². The minimum atomic E-state index is -0.545. The van der Waals surface area contributed by atoms with Crippen LogP contribution in [0.2, 0.25) is 0 Å². The predicted molar refractivity (Wildman–Crippen MR) is 136 cm³/mol. The molecule has 4 rings (SSSR count). The summed E-state index contributed by atoms with van der Waals surface area (Å²) in [7, 11) is 1.86. The molecule has 0 saturated heterocycles. The number of non-ortho nitro benzene ring substituents is 1. The van der Waals surface area contributed by atoms with Crippen LogP contribution in [0.5, 0.6) is 5.75 Å². The van der Waals surface area contributed by atoms with E-state index in [2.05, 4.69) is 20.7 Å². The minimum absolute atomic E-state index is 0.0457. The molecule has 0 aliphatic carbocycles. The summed E-state index contributed by atoms with van der Waals surface area (Å²) in [4.78, 5) is 23.2. The number of nitro groups is 1. The molecule has 1 heterocycles. The molecule has 0 atom stereocenters. The maximum absolute atomic E-state index is 13.4. The zero-order chi connectivity index (χ0) is 26.2. The molecular weight excluding hydrogens is 499 g/mol. The van der Waals surface area contributed by atoms with E-state index in [0.717, 1.165) is 10.7 Å². The summed E-state index contributed by atoms with van der Waals surface area (Å²) in [5.74, 6) is 0.109. The van der Waals surface area contributed by atoms with Crippen LogP contribution in [0.25, 0.3) is 0 Å². The molecule has 0 spiro atoms. The number of nitro benzene ring substituents is 1. The van der Waals surface area contributed by atoms with Crippen molar-refractivity contribution < 1.29 is 18.8 Å². The molecule has 1 aromatic heterocycles. The molecule has 0 aliphatic heterocycles. The van der Waals surface area contributed by atoms with E-state index >= 15 is 0 Å². The lowest BCUT2D eigenvalue weighted by atomic mass is 10.1. The van der Waals surface area contributed by atoms with E-state index in [9.17, 15) is 19.3 Å². The molecule has 1 N–H and O–H groups in total. The summed E-state index contributed by atoms with van der Waals surface area (Å²) in [5.41, 5.74) is 4.52. The summed E-state index contributed by atoms with van der Waals surface area (Å²) in [5, 5.41) is 23.8. The molecule has 4 aromatic rings. The van der Waals surface area contributed by atoms with Crippen molar-refractivity contribution in [1.29, 1.82) is 0 Å². The quantitative estimate of drug-likeness (QED) is 0.141. The first kappa shape index (κ1) is 25.5. The smallest absolute Gasteiger partial charge is 0.271 e. The number of benzene rings is 3. The van der Waals surface area contributed by atoms with Crippen molar-refractivity contribution in [2.45, 2.75) is 17.5 Å². The highest BCUT2D eigenvalue weighted by Crippen LogP contribution is 2.24. The van der Waals surface area contributed by atoms with Gasteiger partial charge < -0.3 is 9.30 Å². The molecule has 0 saturated carbocycles. The van der Waals surface area contributed by atoms with Crippen molar-refractivity contribution in [2.75, 3.05) is 0 Å². The first-order valence-electron chi connectivity index (χ1n) is 10.9. The fourth-order valence-electron chi connectivity index (χ4n) is 3.20. The van der Waals surface area contributed by atoms with Gasteiger partial charge in [-0.3, -0.25) is 14.9 Å². The van der Waals surface area contributed by atoms with Crippen LogP contribution < -0.4 is 10.2 Å². The van der Waals surface area contributed by atoms with Gasteiger partial charge in [0, 0.05) is 36.1 Å². The van der Waals surface area contributed by atoms with Gasteiger partial charge in [0.15, 0.2) is 5.16 Å². The van der Waals surface area contributed by atoms with E-state index in [4.69, 9.17) is 4.74 Å². The molecule has 0 bridgehead atoms. The number of hydrazone groups is 1. The van der Waals surface area contributed by atoms with Crippen LogP contribution in [-0.2, 0) is 19.4 Å². The van der Waals surface area contributed by atoms with Crippen molar-refractivity contribution in [3.8, 4) is 5.75 Å². The van der Waals surface area contributed by atoms with Crippen molar-refractivity contribution in [2.24, 2.45) is 12.1 Å². The van der Waals surface area contributed by atoms with Crippen molar-refractivity contribution >= 4 is 29.6 Å². The lowest BCUT2D eigenvalue weighted by molar-refractivity contribution is -0.384. The number of rotatable bonds is 10. The number of ether oxygens (including phenoxy) is 1. The molecule has 188 valence electrons. The second-order valence-corrected chi connectivity index (χ2v) is 8.75. The third-order valence-corrected chi connectivity index (χ3v) is 6.22. The van der Waals surface area contributed by atoms with Crippen LogP contribution in [0.1, 0.15) is 27.0 Å². The van der Waals surface area contributed by atoms with E-state index in [-0.39, 0.29) is 23.6 Å². The maximum Gasteiger partial charge on any atom is 0.271 e. The Morgan fingerprint density at radius 3 is 2.70 bits per heavy atom. The van der Waals surface area contributed by atoms with Crippen molar-refractivity contribution in [3.05, 3.63) is 111 Å². The van der Waals surface area contributed by atoms with E-state index in [0.29, 0.717) is 16.9 Å². The number of nitrogens with zero attached hydrogens (tertiary/aromatic N) is 5. The van der Waals surface area contributed by atoms with Crippen LogP contribution in [0.15, 0.2) is 83.3 Å². The lowest BCUT2D eigenvalue weighted by Gasteiger charge is -2.09. The first-order chi connectivity index (χ1) is 17.9. The van der Waals surface area contributed by atoms with E-state index in [1.807, 2.05) is 23.7 Å². The third-order valence-electron chi connectivity index (χ3n) is 5.11. The predicted octanol–water partition coefficient (Wildman–Crippen LogP) is 4.50. The molecule has 0 aliphatic rings. The Bertz CT molecular complexity index is 1440.